The number of hydrogen-bond donors (Lipinski definition) is 0. The topological polar surface area (TPSA) is 23.8 Å². The average Bonchev–Trinajstić information content (AvgIpc) is 2.19. The number of benzene rings is 1. The van der Waals surface area contributed by atoms with Gasteiger partial charge in [0.25, 0.3) is 0 Å². The maximum Gasteiger partial charge on any atom is 0.0809 e. The second-order valence-electron chi connectivity index (χ2n) is 2.38. The molecule has 74 valence electrons. The van der Waals surface area contributed by atoms with E-state index in [2.05, 4.69) is 0 Å². The predicted molar refractivity (Wildman–Crippen MR) is 60.8 cm³/mol. The standard InChI is InChI=1S/C8H2Cl5N/c9-4-3(1-2-14)5(10)7(12)8(13)6(4)11/h1H2. The van der Waals surface area contributed by atoms with Crippen molar-refractivity contribution in [2.24, 2.45) is 0 Å². The highest BCUT2D eigenvalue weighted by molar-refractivity contribution is 6.55. The van der Waals surface area contributed by atoms with Crippen LogP contribution in [0.1, 0.15) is 5.56 Å². The first kappa shape index (κ1) is 12.2. The van der Waals surface area contributed by atoms with Crippen molar-refractivity contribution >= 4 is 58.0 Å². The van der Waals surface area contributed by atoms with Gasteiger partial charge in [0, 0.05) is 5.56 Å². The number of hydrogen-bond acceptors (Lipinski definition) is 1. The van der Waals surface area contributed by atoms with Crippen molar-refractivity contribution in [1.29, 1.82) is 5.26 Å². The summed E-state index contributed by atoms with van der Waals surface area (Å²) in [6.07, 6.45) is 0.0360. The van der Waals surface area contributed by atoms with Crippen LogP contribution in [0.5, 0.6) is 0 Å². The van der Waals surface area contributed by atoms with Crippen LogP contribution in [0.15, 0.2) is 0 Å². The summed E-state index contributed by atoms with van der Waals surface area (Å²) < 4.78 is 0. The summed E-state index contributed by atoms with van der Waals surface area (Å²) in [4.78, 5) is 0. The third kappa shape index (κ3) is 2.05. The summed E-state index contributed by atoms with van der Waals surface area (Å²) in [6.45, 7) is 0. The molecule has 0 aliphatic rings. The molecule has 0 N–H and O–H groups in total. The number of rotatable bonds is 1. The van der Waals surface area contributed by atoms with Crippen molar-refractivity contribution in [3.05, 3.63) is 30.7 Å². The maximum absolute atomic E-state index is 8.53. The lowest BCUT2D eigenvalue weighted by atomic mass is 10.1. The summed E-state index contributed by atoms with van der Waals surface area (Å²) in [5, 5.41) is 9.22. The van der Waals surface area contributed by atoms with Gasteiger partial charge in [0.2, 0.25) is 0 Å². The molecule has 0 saturated carbocycles. The third-order valence-corrected chi connectivity index (χ3v) is 3.91. The van der Waals surface area contributed by atoms with Crippen LogP contribution >= 0.6 is 58.0 Å². The first-order valence-corrected chi connectivity index (χ1v) is 5.27. The Morgan fingerprint density at radius 2 is 1.14 bits per heavy atom. The molecule has 14 heavy (non-hydrogen) atoms. The number of nitrogens with zero attached hydrogens (tertiary/aromatic N) is 1. The van der Waals surface area contributed by atoms with Gasteiger partial charge >= 0.3 is 0 Å². The largest absolute Gasteiger partial charge is 0.198 e. The number of halogens is 5. The van der Waals surface area contributed by atoms with Gasteiger partial charge in [-0.05, 0) is 0 Å². The zero-order chi connectivity index (χ0) is 10.9. The van der Waals surface area contributed by atoms with Crippen molar-refractivity contribution in [3.8, 4) is 6.07 Å². The third-order valence-electron chi connectivity index (χ3n) is 1.56. The Bertz CT molecular complexity index is 392. The first-order chi connectivity index (χ1) is 6.50. The molecule has 0 spiro atoms. The SMILES string of the molecule is N#CCc1c(Cl)c(Cl)c(Cl)c(Cl)c1Cl. The Morgan fingerprint density at radius 3 is 1.50 bits per heavy atom. The molecule has 0 saturated heterocycles. The molecular weight excluding hydrogens is 287 g/mol. The van der Waals surface area contributed by atoms with Crippen LogP contribution in [0, 0.1) is 11.3 Å². The van der Waals surface area contributed by atoms with Crippen LogP contribution in [0.4, 0.5) is 0 Å². The summed E-state index contributed by atoms with van der Waals surface area (Å²) >= 11 is 29.0. The molecule has 6 heteroatoms. The Kier molecular flexibility index (Phi) is 4.18. The van der Waals surface area contributed by atoms with Crippen LogP contribution in [0.25, 0.3) is 0 Å². The minimum Gasteiger partial charge on any atom is -0.198 e. The Balaban J connectivity index is 3.53. The van der Waals surface area contributed by atoms with E-state index < -0.39 is 0 Å². The molecule has 0 unspecified atom stereocenters. The van der Waals surface area contributed by atoms with Crippen molar-refractivity contribution in [1.82, 2.24) is 0 Å². The molecule has 0 aromatic heterocycles. The molecule has 1 nitrogen and oxygen atoms in total. The van der Waals surface area contributed by atoms with Gasteiger partial charge in [0.15, 0.2) is 0 Å². The first-order valence-electron chi connectivity index (χ1n) is 3.38. The average molecular weight is 289 g/mol. The molecule has 0 aliphatic carbocycles. The van der Waals surface area contributed by atoms with Crippen LogP contribution in [-0.4, -0.2) is 0 Å². The highest BCUT2D eigenvalue weighted by atomic mass is 35.5. The fraction of sp³-hybridized carbons (Fsp3) is 0.125. The lowest BCUT2D eigenvalue weighted by Crippen LogP contribution is -1.89. The van der Waals surface area contributed by atoms with Gasteiger partial charge in [-0.15, -0.1) is 0 Å². The van der Waals surface area contributed by atoms with Crippen LogP contribution < -0.4 is 0 Å². The molecule has 0 aliphatic heterocycles. The second kappa shape index (κ2) is 4.79. The molecular formula is C8H2Cl5N. The van der Waals surface area contributed by atoms with Gasteiger partial charge in [-0.3, -0.25) is 0 Å². The highest BCUT2D eigenvalue weighted by Crippen LogP contribution is 2.43. The van der Waals surface area contributed by atoms with E-state index in [0.29, 0.717) is 5.56 Å². The van der Waals surface area contributed by atoms with E-state index in [1.165, 1.54) is 0 Å². The number of nitriles is 1. The normalized spacial score (nSPS) is 10.0. The zero-order valence-electron chi connectivity index (χ0n) is 6.54. The van der Waals surface area contributed by atoms with Crippen LogP contribution in [-0.2, 0) is 6.42 Å². The fourth-order valence-electron chi connectivity index (χ4n) is 0.885. The minimum absolute atomic E-state index is 0.0360. The van der Waals surface area contributed by atoms with E-state index in [9.17, 15) is 0 Å². The molecule has 0 atom stereocenters. The van der Waals surface area contributed by atoms with Crippen molar-refractivity contribution < 1.29 is 0 Å². The van der Waals surface area contributed by atoms with Gasteiger partial charge in [-0.2, -0.15) is 5.26 Å². The molecule has 0 fully saturated rings. The molecule has 1 aromatic rings. The quantitative estimate of drug-likeness (QED) is 0.526. The second-order valence-corrected chi connectivity index (χ2v) is 4.27. The van der Waals surface area contributed by atoms with Crippen molar-refractivity contribution in [3.63, 3.8) is 0 Å². The van der Waals surface area contributed by atoms with E-state index in [1.54, 1.807) is 0 Å². The van der Waals surface area contributed by atoms with E-state index in [1.807, 2.05) is 6.07 Å². The maximum atomic E-state index is 8.53. The Hall–Kier alpha value is 0.160. The highest BCUT2D eigenvalue weighted by Gasteiger charge is 2.18. The summed E-state index contributed by atoms with van der Waals surface area (Å²) in [7, 11) is 0. The van der Waals surface area contributed by atoms with E-state index in [0.717, 1.165) is 0 Å². The van der Waals surface area contributed by atoms with Crippen molar-refractivity contribution in [2.75, 3.05) is 0 Å². The van der Waals surface area contributed by atoms with Crippen LogP contribution in [0.2, 0.25) is 25.1 Å². The minimum atomic E-state index is 0.0360. The molecule has 1 rings (SSSR count). The van der Waals surface area contributed by atoms with Crippen molar-refractivity contribution in [2.45, 2.75) is 6.42 Å². The lowest BCUT2D eigenvalue weighted by molar-refractivity contribution is 1.26. The van der Waals surface area contributed by atoms with Gasteiger partial charge in [0.05, 0.1) is 37.6 Å². The van der Waals surface area contributed by atoms with E-state index in [4.69, 9.17) is 63.3 Å². The smallest absolute Gasteiger partial charge is 0.0809 e. The summed E-state index contributed by atoms with van der Waals surface area (Å²) in [6, 6.07) is 1.91. The zero-order valence-corrected chi connectivity index (χ0v) is 10.3. The monoisotopic (exact) mass is 287 g/mol. The summed E-state index contributed by atoms with van der Waals surface area (Å²) in [5.74, 6) is 0. The van der Waals surface area contributed by atoms with Gasteiger partial charge in [-0.25, -0.2) is 0 Å². The summed E-state index contributed by atoms with van der Waals surface area (Å²) in [5.41, 5.74) is 0.398. The van der Waals surface area contributed by atoms with Crippen LogP contribution in [0.3, 0.4) is 0 Å². The molecule has 1 aromatic carbocycles. The van der Waals surface area contributed by atoms with Gasteiger partial charge in [0.1, 0.15) is 0 Å². The van der Waals surface area contributed by atoms with E-state index >= 15 is 0 Å². The Labute approximate surface area is 106 Å². The lowest BCUT2D eigenvalue weighted by Gasteiger charge is -2.09. The van der Waals surface area contributed by atoms with Gasteiger partial charge < -0.3 is 0 Å². The molecule has 0 radical (unpaired) electrons. The fourth-order valence-corrected chi connectivity index (χ4v) is 2.20. The molecule has 0 amide bonds. The molecule has 0 heterocycles. The van der Waals surface area contributed by atoms with Gasteiger partial charge in [-0.1, -0.05) is 58.0 Å². The van der Waals surface area contributed by atoms with E-state index in [-0.39, 0.29) is 31.5 Å². The molecule has 0 bridgehead atoms. The Morgan fingerprint density at radius 1 is 0.786 bits per heavy atom. The predicted octanol–water partition coefficient (Wildman–Crippen LogP) is 5.02.